The normalized spacial score (nSPS) is 29.3. The molecule has 2 atom stereocenters. The Morgan fingerprint density at radius 2 is 2.16 bits per heavy atom. The minimum Gasteiger partial charge on any atom is -0.324 e. The molecular weight excluding hydrogens is 293 g/mol. The number of anilines is 1. The standard InChI is InChI=1S/C11H11ClFN3O2S/c1-5-2-8(5)14-11-15-9-3-6(12)7(13)4-10(9)19(17,18)16-11/h3-5,8H,2H2,1H3,(H2,14,15,16)/t5-,8-/m1/s1. The van der Waals surface area contributed by atoms with Gasteiger partial charge >= 0.3 is 0 Å². The third-order valence-electron chi connectivity index (χ3n) is 3.16. The molecule has 1 aromatic carbocycles. The van der Waals surface area contributed by atoms with Crippen molar-refractivity contribution in [3.8, 4) is 0 Å². The second-order valence-electron chi connectivity index (χ2n) is 4.75. The molecular formula is C11H11ClFN3O2S. The first-order valence-corrected chi connectivity index (χ1v) is 7.59. The molecule has 2 aliphatic rings. The largest absolute Gasteiger partial charge is 0.324 e. The van der Waals surface area contributed by atoms with Crippen LogP contribution in [-0.4, -0.2) is 20.4 Å². The number of hydrogen-bond acceptors (Lipinski definition) is 3. The lowest BCUT2D eigenvalue weighted by atomic mass is 10.3. The van der Waals surface area contributed by atoms with Crippen molar-refractivity contribution in [2.45, 2.75) is 24.3 Å². The molecule has 0 saturated heterocycles. The number of rotatable bonds is 1. The fourth-order valence-corrected chi connectivity index (χ4v) is 3.18. The lowest BCUT2D eigenvalue weighted by molar-refractivity contribution is 0.586. The van der Waals surface area contributed by atoms with E-state index in [0.29, 0.717) is 5.92 Å². The maximum atomic E-state index is 13.3. The molecule has 102 valence electrons. The van der Waals surface area contributed by atoms with E-state index in [2.05, 4.69) is 15.0 Å². The average molecular weight is 304 g/mol. The maximum absolute atomic E-state index is 13.3. The van der Waals surface area contributed by atoms with Gasteiger partial charge in [0.25, 0.3) is 10.0 Å². The van der Waals surface area contributed by atoms with Crippen LogP contribution in [-0.2, 0) is 10.0 Å². The molecule has 0 bridgehead atoms. The molecule has 1 fully saturated rings. The van der Waals surface area contributed by atoms with E-state index < -0.39 is 15.8 Å². The van der Waals surface area contributed by atoms with Crippen molar-refractivity contribution in [2.75, 3.05) is 5.32 Å². The van der Waals surface area contributed by atoms with E-state index in [4.69, 9.17) is 11.6 Å². The molecule has 3 rings (SSSR count). The van der Waals surface area contributed by atoms with Gasteiger partial charge in [0.05, 0.1) is 16.8 Å². The topological polar surface area (TPSA) is 70.6 Å². The van der Waals surface area contributed by atoms with Crippen molar-refractivity contribution < 1.29 is 12.8 Å². The number of benzene rings is 1. The zero-order chi connectivity index (χ0) is 13.8. The highest BCUT2D eigenvalue weighted by atomic mass is 35.5. The zero-order valence-corrected chi connectivity index (χ0v) is 11.5. The summed E-state index contributed by atoms with van der Waals surface area (Å²) in [5.74, 6) is -0.162. The van der Waals surface area contributed by atoms with Crippen molar-refractivity contribution in [1.29, 1.82) is 0 Å². The van der Waals surface area contributed by atoms with Gasteiger partial charge in [0.15, 0.2) is 0 Å². The molecule has 0 radical (unpaired) electrons. The third-order valence-corrected chi connectivity index (χ3v) is 4.83. The predicted molar refractivity (Wildman–Crippen MR) is 70.4 cm³/mol. The van der Waals surface area contributed by atoms with Crippen LogP contribution in [0.2, 0.25) is 5.02 Å². The Morgan fingerprint density at radius 1 is 1.47 bits per heavy atom. The van der Waals surface area contributed by atoms with Gasteiger partial charge < -0.3 is 5.32 Å². The number of sulfonamides is 1. The summed E-state index contributed by atoms with van der Waals surface area (Å²) in [5, 5.41) is 2.68. The quantitative estimate of drug-likeness (QED) is 0.833. The number of aliphatic imine (C=N–C) groups is 1. The van der Waals surface area contributed by atoms with Crippen molar-refractivity contribution in [3.63, 3.8) is 0 Å². The van der Waals surface area contributed by atoms with Crippen molar-refractivity contribution in [2.24, 2.45) is 10.9 Å². The Labute approximate surface area is 114 Å². The maximum Gasteiger partial charge on any atom is 0.266 e. The molecule has 1 aliphatic heterocycles. The fourth-order valence-electron chi connectivity index (χ4n) is 1.89. The molecule has 1 saturated carbocycles. The predicted octanol–water partition coefficient (Wildman–Crippen LogP) is 1.95. The van der Waals surface area contributed by atoms with Gasteiger partial charge in [-0.05, 0) is 24.5 Å². The van der Waals surface area contributed by atoms with Gasteiger partial charge in [-0.1, -0.05) is 18.5 Å². The molecule has 1 aliphatic carbocycles. The van der Waals surface area contributed by atoms with E-state index in [1.165, 1.54) is 6.07 Å². The Morgan fingerprint density at radius 3 is 2.79 bits per heavy atom. The summed E-state index contributed by atoms with van der Waals surface area (Å²) in [6, 6.07) is 2.27. The SMILES string of the molecule is C[C@@H]1C[C@H]1N=C1Nc2cc(Cl)c(F)cc2S(=O)(=O)N1. The van der Waals surface area contributed by atoms with Crippen LogP contribution in [0.25, 0.3) is 0 Å². The van der Waals surface area contributed by atoms with E-state index in [0.717, 1.165) is 12.5 Å². The number of nitrogens with zero attached hydrogens (tertiary/aromatic N) is 1. The number of guanidine groups is 1. The summed E-state index contributed by atoms with van der Waals surface area (Å²) in [6.07, 6.45) is 0.934. The average Bonchev–Trinajstić information content (AvgIpc) is 2.97. The van der Waals surface area contributed by atoms with Crippen LogP contribution in [0.15, 0.2) is 22.0 Å². The highest BCUT2D eigenvalue weighted by molar-refractivity contribution is 7.90. The molecule has 1 heterocycles. The second-order valence-corrected chi connectivity index (χ2v) is 6.81. The molecule has 8 heteroatoms. The number of nitrogens with one attached hydrogen (secondary N) is 2. The number of halogens is 2. The van der Waals surface area contributed by atoms with Crippen molar-refractivity contribution >= 4 is 33.3 Å². The lowest BCUT2D eigenvalue weighted by Gasteiger charge is -2.21. The summed E-state index contributed by atoms with van der Waals surface area (Å²) < 4.78 is 39.6. The van der Waals surface area contributed by atoms with Gasteiger partial charge in [0, 0.05) is 0 Å². The molecule has 2 N–H and O–H groups in total. The van der Waals surface area contributed by atoms with Gasteiger partial charge in [-0.2, -0.15) is 0 Å². The fraction of sp³-hybridized carbons (Fsp3) is 0.364. The van der Waals surface area contributed by atoms with Gasteiger partial charge in [-0.15, -0.1) is 0 Å². The summed E-state index contributed by atoms with van der Waals surface area (Å²) in [7, 11) is -3.81. The minimum atomic E-state index is -3.81. The van der Waals surface area contributed by atoms with Crippen molar-refractivity contribution in [1.82, 2.24) is 4.72 Å². The molecule has 0 spiro atoms. The summed E-state index contributed by atoms with van der Waals surface area (Å²) in [6.45, 7) is 2.03. The highest BCUT2D eigenvalue weighted by Gasteiger charge is 2.35. The Kier molecular flexibility index (Phi) is 2.72. The van der Waals surface area contributed by atoms with Gasteiger partial charge in [0.2, 0.25) is 5.96 Å². The van der Waals surface area contributed by atoms with Gasteiger partial charge in [-0.25, -0.2) is 22.5 Å². The van der Waals surface area contributed by atoms with Gasteiger partial charge in [-0.3, -0.25) is 0 Å². The number of hydrogen-bond donors (Lipinski definition) is 2. The smallest absolute Gasteiger partial charge is 0.266 e. The van der Waals surface area contributed by atoms with Crippen LogP contribution in [0.4, 0.5) is 10.1 Å². The monoisotopic (exact) mass is 303 g/mol. The molecule has 0 aromatic heterocycles. The van der Waals surface area contributed by atoms with E-state index in [9.17, 15) is 12.8 Å². The highest BCUT2D eigenvalue weighted by Crippen LogP contribution is 2.34. The first-order valence-electron chi connectivity index (χ1n) is 5.73. The zero-order valence-electron chi connectivity index (χ0n) is 9.94. The van der Waals surface area contributed by atoms with E-state index >= 15 is 0 Å². The second kappa shape index (κ2) is 4.08. The summed E-state index contributed by atoms with van der Waals surface area (Å²) in [5.41, 5.74) is 0.234. The summed E-state index contributed by atoms with van der Waals surface area (Å²) >= 11 is 5.66. The van der Waals surface area contributed by atoms with E-state index in [1.54, 1.807) is 0 Å². The van der Waals surface area contributed by atoms with Crippen LogP contribution in [0, 0.1) is 11.7 Å². The molecule has 1 aromatic rings. The first-order chi connectivity index (χ1) is 8.87. The third kappa shape index (κ3) is 2.28. The van der Waals surface area contributed by atoms with Crippen LogP contribution in [0.5, 0.6) is 0 Å². The van der Waals surface area contributed by atoms with Crippen LogP contribution < -0.4 is 10.0 Å². The molecule has 0 amide bonds. The van der Waals surface area contributed by atoms with E-state index in [1.807, 2.05) is 6.92 Å². The summed E-state index contributed by atoms with van der Waals surface area (Å²) in [4.78, 5) is 4.08. The first kappa shape index (κ1) is 12.7. The minimum absolute atomic E-state index is 0.127. The number of fused-ring (bicyclic) bond motifs is 1. The molecule has 0 unspecified atom stereocenters. The van der Waals surface area contributed by atoms with Crippen LogP contribution >= 0.6 is 11.6 Å². The Balaban J connectivity index is 2.04. The van der Waals surface area contributed by atoms with Crippen molar-refractivity contribution in [3.05, 3.63) is 23.0 Å². The van der Waals surface area contributed by atoms with Gasteiger partial charge in [0.1, 0.15) is 10.7 Å². The molecule has 19 heavy (non-hydrogen) atoms. The Bertz CT molecular complexity index is 689. The Hall–Kier alpha value is -1.34. The van der Waals surface area contributed by atoms with E-state index in [-0.39, 0.29) is 27.6 Å². The van der Waals surface area contributed by atoms with Crippen LogP contribution in [0.1, 0.15) is 13.3 Å². The molecule has 5 nitrogen and oxygen atoms in total. The lowest BCUT2D eigenvalue weighted by Crippen LogP contribution is -2.41. The van der Waals surface area contributed by atoms with Crippen LogP contribution in [0.3, 0.4) is 0 Å².